The number of hydrogen-bond donors (Lipinski definition) is 0. The summed E-state index contributed by atoms with van der Waals surface area (Å²) in [5.41, 5.74) is 12.5. The Kier molecular flexibility index (Phi) is 5.83. The van der Waals surface area contributed by atoms with Crippen LogP contribution in [0.3, 0.4) is 0 Å². The van der Waals surface area contributed by atoms with Crippen LogP contribution in [-0.2, 0) is 5.41 Å². The molecule has 8 aromatic carbocycles. The van der Waals surface area contributed by atoms with Crippen LogP contribution < -0.4 is 0 Å². The maximum Gasteiger partial charge on any atom is 0.0713 e. The van der Waals surface area contributed by atoms with Gasteiger partial charge in [-0.05, 0) is 89.3 Å². The Balaban J connectivity index is 1.13. The van der Waals surface area contributed by atoms with E-state index in [1.165, 1.54) is 77.2 Å². The normalized spacial score (nSPS) is 13.1. The Morgan fingerprint density at radius 1 is 0.289 bits per heavy atom. The Hall–Kier alpha value is -5.72. The molecule has 8 aromatic rings. The summed E-state index contributed by atoms with van der Waals surface area (Å²) in [6, 6.07) is 67.0. The average molecular weight is 571 g/mol. The number of rotatable bonds is 4. The van der Waals surface area contributed by atoms with Crippen LogP contribution >= 0.6 is 0 Å². The SMILES string of the molecule is c1ccc(C2(c3ccc(-c4ccc(-c5cccc6cc7ccccc7cc56)cc4)cc3)c3ccccc3-c3ccccc32)cc1. The van der Waals surface area contributed by atoms with E-state index in [-0.39, 0.29) is 5.41 Å². The zero-order valence-electron chi connectivity index (χ0n) is 24.8. The minimum atomic E-state index is -0.366. The van der Waals surface area contributed by atoms with Crippen LogP contribution in [-0.4, -0.2) is 0 Å². The van der Waals surface area contributed by atoms with Crippen molar-refractivity contribution in [1.29, 1.82) is 0 Å². The van der Waals surface area contributed by atoms with Crippen molar-refractivity contribution in [2.75, 3.05) is 0 Å². The minimum Gasteiger partial charge on any atom is -0.0622 e. The lowest BCUT2D eigenvalue weighted by molar-refractivity contribution is 0.768. The largest absolute Gasteiger partial charge is 0.0713 e. The maximum absolute atomic E-state index is 2.34. The highest BCUT2D eigenvalue weighted by atomic mass is 14.5. The van der Waals surface area contributed by atoms with Crippen LogP contribution in [0.15, 0.2) is 182 Å². The van der Waals surface area contributed by atoms with Crippen molar-refractivity contribution < 1.29 is 0 Å². The van der Waals surface area contributed by atoms with Gasteiger partial charge in [-0.15, -0.1) is 0 Å². The lowest BCUT2D eigenvalue weighted by Gasteiger charge is -2.34. The van der Waals surface area contributed by atoms with Crippen molar-refractivity contribution in [3.05, 3.63) is 204 Å². The first-order valence-electron chi connectivity index (χ1n) is 15.7. The Morgan fingerprint density at radius 3 is 1.42 bits per heavy atom. The summed E-state index contributed by atoms with van der Waals surface area (Å²) in [5, 5.41) is 5.11. The predicted octanol–water partition coefficient (Wildman–Crippen LogP) is 11.7. The molecule has 0 amide bonds. The van der Waals surface area contributed by atoms with Gasteiger partial charge in [0.2, 0.25) is 0 Å². The summed E-state index contributed by atoms with van der Waals surface area (Å²) in [7, 11) is 0. The topological polar surface area (TPSA) is 0 Å². The van der Waals surface area contributed by atoms with Gasteiger partial charge < -0.3 is 0 Å². The van der Waals surface area contributed by atoms with Crippen LogP contribution in [0.25, 0.3) is 54.9 Å². The molecule has 0 spiro atoms. The minimum absolute atomic E-state index is 0.366. The Labute approximate surface area is 263 Å². The first-order valence-corrected chi connectivity index (χ1v) is 15.7. The van der Waals surface area contributed by atoms with Crippen molar-refractivity contribution >= 4 is 21.5 Å². The molecular formula is C45H30. The third-order valence-electron chi connectivity index (χ3n) is 9.75. The van der Waals surface area contributed by atoms with Crippen LogP contribution in [0.2, 0.25) is 0 Å². The summed E-state index contributed by atoms with van der Waals surface area (Å²) in [4.78, 5) is 0. The van der Waals surface area contributed by atoms with Crippen molar-refractivity contribution in [2.45, 2.75) is 5.41 Å². The molecule has 0 fully saturated rings. The van der Waals surface area contributed by atoms with Crippen molar-refractivity contribution in [1.82, 2.24) is 0 Å². The fraction of sp³-hybridized carbons (Fsp3) is 0.0222. The van der Waals surface area contributed by atoms with Gasteiger partial charge in [0, 0.05) is 0 Å². The lowest BCUT2D eigenvalue weighted by atomic mass is 9.67. The first kappa shape index (κ1) is 25.7. The second kappa shape index (κ2) is 10.2. The first-order chi connectivity index (χ1) is 22.3. The summed E-state index contributed by atoms with van der Waals surface area (Å²) < 4.78 is 0. The van der Waals surface area contributed by atoms with E-state index in [9.17, 15) is 0 Å². The van der Waals surface area contributed by atoms with E-state index >= 15 is 0 Å². The van der Waals surface area contributed by atoms with E-state index < -0.39 is 0 Å². The molecule has 45 heavy (non-hydrogen) atoms. The van der Waals surface area contributed by atoms with E-state index in [4.69, 9.17) is 0 Å². The molecule has 0 nitrogen and oxygen atoms in total. The third kappa shape index (κ3) is 3.93. The van der Waals surface area contributed by atoms with Gasteiger partial charge in [0.1, 0.15) is 0 Å². The molecule has 0 heteroatoms. The zero-order valence-corrected chi connectivity index (χ0v) is 24.8. The summed E-state index contributed by atoms with van der Waals surface area (Å²) >= 11 is 0. The summed E-state index contributed by atoms with van der Waals surface area (Å²) in [6.07, 6.45) is 0. The third-order valence-corrected chi connectivity index (χ3v) is 9.75. The molecule has 0 N–H and O–H groups in total. The molecule has 1 aliphatic carbocycles. The highest BCUT2D eigenvalue weighted by molar-refractivity contribution is 6.05. The van der Waals surface area contributed by atoms with Gasteiger partial charge in [-0.2, -0.15) is 0 Å². The molecule has 0 atom stereocenters. The highest BCUT2D eigenvalue weighted by Crippen LogP contribution is 2.56. The number of benzene rings is 8. The Morgan fingerprint density at radius 2 is 0.756 bits per heavy atom. The monoisotopic (exact) mass is 570 g/mol. The zero-order chi connectivity index (χ0) is 29.8. The quantitative estimate of drug-likeness (QED) is 0.185. The van der Waals surface area contributed by atoms with E-state index in [0.29, 0.717) is 0 Å². The van der Waals surface area contributed by atoms with E-state index in [1.807, 2.05) is 0 Å². The molecule has 0 bridgehead atoms. The van der Waals surface area contributed by atoms with Crippen molar-refractivity contribution in [3.63, 3.8) is 0 Å². The standard InChI is InChI=1S/C45H30/c1-2-14-37(15-3-1)45(43-19-8-6-16-40(43)41-17-7-9-20-44(41)45)38-27-25-32(26-28-38)31-21-23-33(24-22-31)39-18-10-13-36-29-34-11-4-5-12-35(34)30-42(36)39/h1-30H. The molecule has 0 radical (unpaired) electrons. The molecule has 0 aliphatic heterocycles. The molecule has 0 saturated heterocycles. The van der Waals surface area contributed by atoms with Crippen LogP contribution in [0.4, 0.5) is 0 Å². The van der Waals surface area contributed by atoms with Gasteiger partial charge in [-0.3, -0.25) is 0 Å². The molecule has 0 aromatic heterocycles. The molecule has 0 saturated carbocycles. The van der Waals surface area contributed by atoms with Gasteiger partial charge in [0.15, 0.2) is 0 Å². The average Bonchev–Trinajstić information content (AvgIpc) is 3.42. The summed E-state index contributed by atoms with van der Waals surface area (Å²) in [5.74, 6) is 0. The molecule has 9 rings (SSSR count). The van der Waals surface area contributed by atoms with E-state index in [2.05, 4.69) is 182 Å². The molecular weight excluding hydrogens is 540 g/mol. The summed E-state index contributed by atoms with van der Waals surface area (Å²) in [6.45, 7) is 0. The van der Waals surface area contributed by atoms with Crippen LogP contribution in [0.1, 0.15) is 22.3 Å². The number of fused-ring (bicyclic) bond motifs is 5. The van der Waals surface area contributed by atoms with Crippen molar-refractivity contribution in [2.24, 2.45) is 0 Å². The smallest absolute Gasteiger partial charge is 0.0622 e. The predicted molar refractivity (Wildman–Crippen MR) is 190 cm³/mol. The Bertz CT molecular complexity index is 2300. The fourth-order valence-electron chi connectivity index (χ4n) is 7.69. The van der Waals surface area contributed by atoms with Gasteiger partial charge in [-0.25, -0.2) is 0 Å². The van der Waals surface area contributed by atoms with Gasteiger partial charge in [0.05, 0.1) is 5.41 Å². The molecule has 210 valence electrons. The fourth-order valence-corrected chi connectivity index (χ4v) is 7.69. The van der Waals surface area contributed by atoms with E-state index in [1.54, 1.807) is 0 Å². The van der Waals surface area contributed by atoms with Crippen LogP contribution in [0.5, 0.6) is 0 Å². The second-order valence-corrected chi connectivity index (χ2v) is 12.1. The molecule has 0 unspecified atom stereocenters. The second-order valence-electron chi connectivity index (χ2n) is 12.1. The van der Waals surface area contributed by atoms with Gasteiger partial charge in [-0.1, -0.05) is 170 Å². The van der Waals surface area contributed by atoms with E-state index in [0.717, 1.165) is 0 Å². The molecule has 1 aliphatic rings. The van der Waals surface area contributed by atoms with Gasteiger partial charge >= 0.3 is 0 Å². The van der Waals surface area contributed by atoms with Crippen LogP contribution in [0, 0.1) is 0 Å². The van der Waals surface area contributed by atoms with Crippen molar-refractivity contribution in [3.8, 4) is 33.4 Å². The van der Waals surface area contributed by atoms with Gasteiger partial charge in [0.25, 0.3) is 0 Å². The number of hydrogen-bond acceptors (Lipinski definition) is 0. The highest BCUT2D eigenvalue weighted by Gasteiger charge is 2.45. The lowest BCUT2D eigenvalue weighted by Crippen LogP contribution is -2.28. The maximum atomic E-state index is 2.34. The molecule has 0 heterocycles.